The first kappa shape index (κ1) is 18.1. The molecule has 1 aromatic carbocycles. The van der Waals surface area contributed by atoms with Crippen molar-refractivity contribution in [3.05, 3.63) is 34.1 Å². The van der Waals surface area contributed by atoms with E-state index in [0.717, 1.165) is 12.1 Å². The first-order valence-electron chi connectivity index (χ1n) is 6.48. The summed E-state index contributed by atoms with van der Waals surface area (Å²) in [4.78, 5) is 35.0. The lowest BCUT2D eigenvalue weighted by Crippen LogP contribution is -2.46. The molecule has 8 heteroatoms. The number of ether oxygens (including phenoxy) is 1. The molecule has 120 valence electrons. The Morgan fingerprint density at radius 3 is 2.41 bits per heavy atom. The SMILES string of the molecule is CC(C)NC(=O)NC(=O)[C@@H](C)OC(=O)c1ccc(F)cc1Br. The summed E-state index contributed by atoms with van der Waals surface area (Å²) >= 11 is 3.04. The molecule has 2 N–H and O–H groups in total. The molecule has 1 rings (SSSR count). The van der Waals surface area contributed by atoms with Crippen molar-refractivity contribution in [2.75, 3.05) is 0 Å². The first-order valence-corrected chi connectivity index (χ1v) is 7.27. The standard InChI is InChI=1S/C14H16BrFN2O4/c1-7(2)17-14(21)18-12(19)8(3)22-13(20)10-5-4-9(16)6-11(10)15/h4-8H,1-3H3,(H2,17,18,19,21)/t8-/m1/s1. The second-order valence-electron chi connectivity index (χ2n) is 4.79. The van der Waals surface area contributed by atoms with Crippen molar-refractivity contribution in [3.63, 3.8) is 0 Å². The highest BCUT2D eigenvalue weighted by Crippen LogP contribution is 2.19. The Kier molecular flexibility index (Phi) is 6.48. The van der Waals surface area contributed by atoms with E-state index in [1.165, 1.54) is 13.0 Å². The van der Waals surface area contributed by atoms with Crippen LogP contribution in [0.3, 0.4) is 0 Å². The molecule has 0 heterocycles. The molecule has 0 fully saturated rings. The van der Waals surface area contributed by atoms with Gasteiger partial charge in [-0.3, -0.25) is 10.1 Å². The molecule has 0 aliphatic rings. The predicted molar refractivity (Wildman–Crippen MR) is 80.8 cm³/mol. The van der Waals surface area contributed by atoms with Crippen LogP contribution in [0.5, 0.6) is 0 Å². The van der Waals surface area contributed by atoms with Crippen LogP contribution in [0.15, 0.2) is 22.7 Å². The van der Waals surface area contributed by atoms with Crippen LogP contribution in [0.4, 0.5) is 9.18 Å². The van der Waals surface area contributed by atoms with Crippen LogP contribution >= 0.6 is 15.9 Å². The third-order valence-electron chi connectivity index (χ3n) is 2.46. The average Bonchev–Trinajstić information content (AvgIpc) is 2.36. The van der Waals surface area contributed by atoms with E-state index in [4.69, 9.17) is 4.74 Å². The van der Waals surface area contributed by atoms with Crippen LogP contribution in [0.25, 0.3) is 0 Å². The molecule has 0 spiro atoms. The summed E-state index contributed by atoms with van der Waals surface area (Å²) in [6.07, 6.45) is -1.18. The number of nitrogens with one attached hydrogen (secondary N) is 2. The normalized spacial score (nSPS) is 11.7. The Bertz CT molecular complexity index is 592. The van der Waals surface area contributed by atoms with Gasteiger partial charge >= 0.3 is 12.0 Å². The summed E-state index contributed by atoms with van der Waals surface area (Å²) in [6.45, 7) is 4.80. The molecule has 0 unspecified atom stereocenters. The van der Waals surface area contributed by atoms with Crippen LogP contribution in [0.1, 0.15) is 31.1 Å². The lowest BCUT2D eigenvalue weighted by Gasteiger charge is -2.14. The Morgan fingerprint density at radius 1 is 1.23 bits per heavy atom. The number of carbonyl (C=O) groups is 3. The van der Waals surface area contributed by atoms with E-state index in [0.29, 0.717) is 0 Å². The fraction of sp³-hybridized carbons (Fsp3) is 0.357. The van der Waals surface area contributed by atoms with E-state index in [1.807, 2.05) is 0 Å². The zero-order valence-corrected chi connectivity index (χ0v) is 13.9. The molecule has 0 saturated carbocycles. The second-order valence-corrected chi connectivity index (χ2v) is 5.64. The zero-order valence-electron chi connectivity index (χ0n) is 12.3. The number of esters is 1. The van der Waals surface area contributed by atoms with E-state index in [1.54, 1.807) is 13.8 Å². The van der Waals surface area contributed by atoms with Crippen molar-refractivity contribution in [3.8, 4) is 0 Å². The molecular formula is C14H16BrFN2O4. The number of carbonyl (C=O) groups excluding carboxylic acids is 3. The molecule has 0 radical (unpaired) electrons. The van der Waals surface area contributed by atoms with Gasteiger partial charge in [0.15, 0.2) is 6.10 Å². The van der Waals surface area contributed by atoms with Gasteiger partial charge < -0.3 is 10.1 Å². The van der Waals surface area contributed by atoms with Crippen LogP contribution < -0.4 is 10.6 Å². The summed E-state index contributed by atoms with van der Waals surface area (Å²) in [5.41, 5.74) is 0.0766. The molecule has 0 aromatic heterocycles. The highest BCUT2D eigenvalue weighted by molar-refractivity contribution is 9.10. The predicted octanol–water partition coefficient (Wildman–Crippen LogP) is 2.37. The summed E-state index contributed by atoms with van der Waals surface area (Å²) in [6, 6.07) is 2.63. The van der Waals surface area contributed by atoms with Gasteiger partial charge in [0.05, 0.1) is 5.56 Å². The highest BCUT2D eigenvalue weighted by atomic mass is 79.9. The number of hydrogen-bond acceptors (Lipinski definition) is 4. The van der Waals surface area contributed by atoms with Gasteiger partial charge in [0, 0.05) is 10.5 Å². The fourth-order valence-electron chi connectivity index (χ4n) is 1.44. The minimum atomic E-state index is -1.18. The van der Waals surface area contributed by atoms with E-state index in [-0.39, 0.29) is 16.1 Å². The summed E-state index contributed by atoms with van der Waals surface area (Å²) in [5.74, 6) is -2.08. The van der Waals surface area contributed by atoms with Crippen molar-refractivity contribution in [2.24, 2.45) is 0 Å². The first-order chi connectivity index (χ1) is 10.2. The van der Waals surface area contributed by atoms with Crippen molar-refractivity contribution in [2.45, 2.75) is 32.9 Å². The number of halogens is 2. The average molecular weight is 375 g/mol. The van der Waals surface area contributed by atoms with Crippen LogP contribution in [-0.4, -0.2) is 30.1 Å². The van der Waals surface area contributed by atoms with Crippen molar-refractivity contribution >= 4 is 33.8 Å². The molecule has 22 heavy (non-hydrogen) atoms. The number of benzene rings is 1. The van der Waals surface area contributed by atoms with Crippen molar-refractivity contribution in [1.82, 2.24) is 10.6 Å². The molecule has 6 nitrogen and oxygen atoms in total. The number of rotatable bonds is 4. The molecule has 0 saturated heterocycles. The Labute approximate surface area is 135 Å². The van der Waals surface area contributed by atoms with Gasteiger partial charge in [0.25, 0.3) is 5.91 Å². The maximum absolute atomic E-state index is 13.0. The molecule has 0 bridgehead atoms. The lowest BCUT2D eigenvalue weighted by molar-refractivity contribution is -0.127. The van der Waals surface area contributed by atoms with Gasteiger partial charge in [0.1, 0.15) is 5.82 Å². The highest BCUT2D eigenvalue weighted by Gasteiger charge is 2.22. The van der Waals surface area contributed by atoms with Gasteiger partial charge in [-0.25, -0.2) is 14.0 Å². The molecule has 1 aromatic rings. The Balaban J connectivity index is 2.63. The Hall–Kier alpha value is -1.96. The fourth-order valence-corrected chi connectivity index (χ4v) is 1.96. The van der Waals surface area contributed by atoms with E-state index in [9.17, 15) is 18.8 Å². The number of amides is 3. The molecule has 0 aliphatic heterocycles. The topological polar surface area (TPSA) is 84.5 Å². The van der Waals surface area contributed by atoms with Gasteiger partial charge in [0.2, 0.25) is 0 Å². The smallest absolute Gasteiger partial charge is 0.340 e. The van der Waals surface area contributed by atoms with E-state index < -0.39 is 29.8 Å². The van der Waals surface area contributed by atoms with Crippen molar-refractivity contribution < 1.29 is 23.5 Å². The monoisotopic (exact) mass is 374 g/mol. The minimum Gasteiger partial charge on any atom is -0.449 e. The maximum atomic E-state index is 13.0. The van der Waals surface area contributed by atoms with E-state index >= 15 is 0 Å². The van der Waals surface area contributed by atoms with Crippen LogP contribution in [0.2, 0.25) is 0 Å². The van der Waals surface area contributed by atoms with Gasteiger partial charge in [-0.1, -0.05) is 0 Å². The molecule has 1 atom stereocenters. The van der Waals surface area contributed by atoms with Gasteiger partial charge in [-0.05, 0) is 54.9 Å². The lowest BCUT2D eigenvalue weighted by atomic mass is 10.2. The Morgan fingerprint density at radius 2 is 1.86 bits per heavy atom. The third kappa shape index (κ3) is 5.44. The van der Waals surface area contributed by atoms with Crippen molar-refractivity contribution in [1.29, 1.82) is 0 Å². The largest absolute Gasteiger partial charge is 0.449 e. The molecular weight excluding hydrogens is 359 g/mol. The summed E-state index contributed by atoms with van der Waals surface area (Å²) in [7, 11) is 0. The zero-order chi connectivity index (χ0) is 16.9. The van der Waals surface area contributed by atoms with Crippen LogP contribution in [0, 0.1) is 5.82 Å². The summed E-state index contributed by atoms with van der Waals surface area (Å²) < 4.78 is 18.1. The quantitative estimate of drug-likeness (QED) is 0.792. The molecule has 0 aliphatic carbocycles. The number of hydrogen-bond donors (Lipinski definition) is 2. The molecule has 3 amide bonds. The number of urea groups is 1. The van der Waals surface area contributed by atoms with Gasteiger partial charge in [-0.15, -0.1) is 0 Å². The number of imide groups is 1. The minimum absolute atomic E-state index is 0.0766. The van der Waals surface area contributed by atoms with Crippen LogP contribution in [-0.2, 0) is 9.53 Å². The summed E-state index contributed by atoms with van der Waals surface area (Å²) in [5, 5.41) is 4.52. The second kappa shape index (κ2) is 7.88. The third-order valence-corrected chi connectivity index (χ3v) is 3.12. The maximum Gasteiger partial charge on any atom is 0.340 e. The van der Waals surface area contributed by atoms with E-state index in [2.05, 4.69) is 26.6 Å². The van der Waals surface area contributed by atoms with Gasteiger partial charge in [-0.2, -0.15) is 0 Å².